The summed E-state index contributed by atoms with van der Waals surface area (Å²) in [5.41, 5.74) is 1.32. The Hall–Kier alpha value is -2.08. The van der Waals surface area contributed by atoms with Crippen molar-refractivity contribution in [3.05, 3.63) is 35.9 Å². The van der Waals surface area contributed by atoms with E-state index in [2.05, 4.69) is 29.6 Å². The van der Waals surface area contributed by atoms with Crippen molar-refractivity contribution in [2.75, 3.05) is 19.6 Å². The van der Waals surface area contributed by atoms with E-state index in [1.54, 1.807) is 0 Å². The number of urea groups is 1. The summed E-state index contributed by atoms with van der Waals surface area (Å²) in [6.45, 7) is 3.62. The van der Waals surface area contributed by atoms with E-state index >= 15 is 0 Å². The predicted molar refractivity (Wildman–Crippen MR) is 105 cm³/mol. The Labute approximate surface area is 161 Å². The highest BCUT2D eigenvalue weighted by atomic mass is 16.4. The average Bonchev–Trinajstić information content (AvgIpc) is 3.10. The molecule has 1 atom stereocenters. The number of benzene rings is 1. The number of likely N-dealkylation sites (tertiary alicyclic amines) is 1. The summed E-state index contributed by atoms with van der Waals surface area (Å²) in [5, 5.41) is 12.1. The lowest BCUT2D eigenvalue weighted by atomic mass is 9.85. The van der Waals surface area contributed by atoms with Gasteiger partial charge in [0.05, 0.1) is 6.54 Å². The van der Waals surface area contributed by atoms with Crippen molar-refractivity contribution in [3.8, 4) is 0 Å². The second kappa shape index (κ2) is 9.22. The molecular formula is C21H31N3O3. The van der Waals surface area contributed by atoms with Gasteiger partial charge in [-0.2, -0.15) is 0 Å². The Kier molecular flexibility index (Phi) is 6.72. The Morgan fingerprint density at radius 2 is 2.00 bits per heavy atom. The minimum absolute atomic E-state index is 0.0512. The van der Waals surface area contributed by atoms with Crippen LogP contribution in [0.2, 0.25) is 0 Å². The Morgan fingerprint density at radius 3 is 2.67 bits per heavy atom. The highest BCUT2D eigenvalue weighted by Gasteiger charge is 2.37. The van der Waals surface area contributed by atoms with Crippen molar-refractivity contribution in [2.45, 2.75) is 63.6 Å². The van der Waals surface area contributed by atoms with Gasteiger partial charge in [-0.25, -0.2) is 4.79 Å². The lowest BCUT2D eigenvalue weighted by Crippen LogP contribution is -2.57. The van der Waals surface area contributed by atoms with E-state index in [4.69, 9.17) is 5.11 Å². The van der Waals surface area contributed by atoms with Crippen LogP contribution in [0.5, 0.6) is 0 Å². The molecule has 2 N–H and O–H groups in total. The van der Waals surface area contributed by atoms with Gasteiger partial charge in [-0.3, -0.25) is 9.69 Å². The van der Waals surface area contributed by atoms with Gasteiger partial charge in [0, 0.05) is 24.7 Å². The zero-order valence-electron chi connectivity index (χ0n) is 16.1. The molecule has 1 saturated carbocycles. The number of hydrogen-bond donors (Lipinski definition) is 2. The number of aliphatic carboxylic acids is 1. The van der Waals surface area contributed by atoms with Crippen molar-refractivity contribution in [3.63, 3.8) is 0 Å². The number of carboxylic acids is 1. The van der Waals surface area contributed by atoms with E-state index < -0.39 is 5.97 Å². The maximum atomic E-state index is 12.7. The molecule has 0 bridgehead atoms. The fraction of sp³-hybridized carbons (Fsp3) is 0.619. The fourth-order valence-electron chi connectivity index (χ4n) is 4.32. The first-order valence-corrected chi connectivity index (χ1v) is 10.1. The molecule has 0 spiro atoms. The molecule has 27 heavy (non-hydrogen) atoms. The molecule has 148 valence electrons. The molecule has 1 aromatic rings. The summed E-state index contributed by atoms with van der Waals surface area (Å²) in [6.07, 6.45) is 5.84. The third-order valence-corrected chi connectivity index (χ3v) is 5.95. The summed E-state index contributed by atoms with van der Waals surface area (Å²) < 4.78 is 0. The number of hydrogen-bond acceptors (Lipinski definition) is 3. The molecule has 2 aliphatic rings. The van der Waals surface area contributed by atoms with Gasteiger partial charge in [-0.05, 0) is 50.6 Å². The Bertz CT molecular complexity index is 631. The molecule has 2 fully saturated rings. The van der Waals surface area contributed by atoms with Gasteiger partial charge >= 0.3 is 12.0 Å². The molecule has 3 rings (SSSR count). The highest BCUT2D eigenvalue weighted by molar-refractivity contribution is 5.75. The molecular weight excluding hydrogens is 342 g/mol. The van der Waals surface area contributed by atoms with Crippen LogP contribution in [-0.2, 0) is 11.2 Å². The van der Waals surface area contributed by atoms with E-state index in [-0.39, 0.29) is 24.7 Å². The second-order valence-corrected chi connectivity index (χ2v) is 7.74. The smallest absolute Gasteiger partial charge is 0.317 e. The molecule has 2 amide bonds. The molecule has 1 heterocycles. The molecule has 1 unspecified atom stereocenters. The number of amides is 2. The summed E-state index contributed by atoms with van der Waals surface area (Å²) in [4.78, 5) is 27.6. The first-order chi connectivity index (χ1) is 13.1. The lowest BCUT2D eigenvalue weighted by Gasteiger charge is -2.43. The van der Waals surface area contributed by atoms with E-state index in [1.165, 1.54) is 5.56 Å². The predicted octanol–water partition coefficient (Wildman–Crippen LogP) is 2.73. The van der Waals surface area contributed by atoms with Gasteiger partial charge in [0.25, 0.3) is 0 Å². The third-order valence-electron chi connectivity index (χ3n) is 5.95. The number of carboxylic acid groups (broad SMARTS) is 1. The van der Waals surface area contributed by atoms with Crippen molar-refractivity contribution >= 4 is 12.0 Å². The molecule has 1 saturated heterocycles. The van der Waals surface area contributed by atoms with E-state index in [9.17, 15) is 9.59 Å². The summed E-state index contributed by atoms with van der Waals surface area (Å²) in [6, 6.07) is 11.2. The maximum Gasteiger partial charge on any atom is 0.317 e. The minimum atomic E-state index is -0.789. The Morgan fingerprint density at radius 1 is 1.26 bits per heavy atom. The number of aryl methyl sites for hydroxylation is 1. The molecule has 1 aliphatic carbocycles. The summed E-state index contributed by atoms with van der Waals surface area (Å²) in [7, 11) is 0. The zero-order valence-corrected chi connectivity index (χ0v) is 16.1. The number of carbonyl (C=O) groups excluding carboxylic acids is 1. The van der Waals surface area contributed by atoms with Gasteiger partial charge in [0.1, 0.15) is 0 Å². The zero-order chi connectivity index (χ0) is 19.2. The number of likely N-dealkylation sites (N-methyl/N-ethyl adjacent to an activating group) is 1. The van der Waals surface area contributed by atoms with Gasteiger partial charge in [-0.15, -0.1) is 0 Å². The number of rotatable bonds is 8. The SMILES string of the molecule is CCN(CC(=O)O)C1CC(NC(=O)N2CCCC2CCc2ccccc2)C1. The van der Waals surface area contributed by atoms with Crippen LogP contribution < -0.4 is 5.32 Å². The van der Waals surface area contributed by atoms with Crippen LogP contribution in [0.4, 0.5) is 4.79 Å². The third kappa shape index (κ3) is 5.22. The first kappa shape index (κ1) is 19.7. The van der Waals surface area contributed by atoms with Crippen LogP contribution in [0.3, 0.4) is 0 Å². The van der Waals surface area contributed by atoms with Crippen molar-refractivity contribution in [1.82, 2.24) is 15.1 Å². The topological polar surface area (TPSA) is 72.9 Å². The second-order valence-electron chi connectivity index (χ2n) is 7.74. The summed E-state index contributed by atoms with van der Waals surface area (Å²) >= 11 is 0. The lowest BCUT2D eigenvalue weighted by molar-refractivity contribution is -0.139. The number of carbonyl (C=O) groups is 2. The van der Waals surface area contributed by atoms with E-state index in [1.807, 2.05) is 22.8 Å². The highest BCUT2D eigenvalue weighted by Crippen LogP contribution is 2.27. The molecule has 0 radical (unpaired) electrons. The van der Waals surface area contributed by atoms with Crippen molar-refractivity contribution < 1.29 is 14.7 Å². The molecule has 6 heteroatoms. The van der Waals surface area contributed by atoms with Crippen molar-refractivity contribution in [2.24, 2.45) is 0 Å². The Balaban J connectivity index is 1.43. The molecule has 6 nitrogen and oxygen atoms in total. The maximum absolute atomic E-state index is 12.7. The van der Waals surface area contributed by atoms with E-state index in [0.717, 1.165) is 51.6 Å². The van der Waals surface area contributed by atoms with Gasteiger partial charge in [-0.1, -0.05) is 37.3 Å². The van der Waals surface area contributed by atoms with Crippen LogP contribution in [-0.4, -0.2) is 64.7 Å². The quantitative estimate of drug-likeness (QED) is 0.735. The number of nitrogens with zero attached hydrogens (tertiary/aromatic N) is 2. The van der Waals surface area contributed by atoms with Crippen LogP contribution in [0.15, 0.2) is 30.3 Å². The monoisotopic (exact) mass is 373 g/mol. The van der Waals surface area contributed by atoms with Gasteiger partial charge in [0.2, 0.25) is 0 Å². The molecule has 0 aromatic heterocycles. The number of nitrogens with one attached hydrogen (secondary N) is 1. The molecule has 1 aromatic carbocycles. The van der Waals surface area contributed by atoms with Gasteiger partial charge < -0.3 is 15.3 Å². The first-order valence-electron chi connectivity index (χ1n) is 10.1. The van der Waals surface area contributed by atoms with Crippen LogP contribution in [0, 0.1) is 0 Å². The standard InChI is InChI=1S/C21H31N3O3/c1-2-23(15-20(25)26)19-13-17(14-19)22-21(27)24-12-6-9-18(24)11-10-16-7-4-3-5-8-16/h3-5,7-8,17-19H,2,6,9-15H2,1H3,(H,22,27)(H,25,26). The van der Waals surface area contributed by atoms with Crippen molar-refractivity contribution in [1.29, 1.82) is 0 Å². The van der Waals surface area contributed by atoms with Gasteiger partial charge in [0.15, 0.2) is 0 Å². The van der Waals surface area contributed by atoms with Crippen LogP contribution in [0.25, 0.3) is 0 Å². The molecule has 1 aliphatic heterocycles. The summed E-state index contributed by atoms with van der Waals surface area (Å²) in [5.74, 6) is -0.789. The van der Waals surface area contributed by atoms with E-state index in [0.29, 0.717) is 6.04 Å². The fourth-order valence-corrected chi connectivity index (χ4v) is 4.32. The van der Waals surface area contributed by atoms with Crippen LogP contribution in [0.1, 0.15) is 44.6 Å². The average molecular weight is 373 g/mol. The van der Waals surface area contributed by atoms with Crippen LogP contribution >= 0.6 is 0 Å². The normalized spacial score (nSPS) is 24.7. The minimum Gasteiger partial charge on any atom is -0.480 e. The largest absolute Gasteiger partial charge is 0.480 e.